The van der Waals surface area contributed by atoms with Gasteiger partial charge in [-0.05, 0) is 11.5 Å². The predicted octanol–water partition coefficient (Wildman–Crippen LogP) is 0.973. The standard InChI is InChI=1S/C7H8ClN5S/c1-13-7(4(8)2-11-13)6(9)5-3-10-12-14-5/h2-3,6H,9H2,1H3. The summed E-state index contributed by atoms with van der Waals surface area (Å²) in [5.41, 5.74) is 6.77. The molecular weight excluding hydrogens is 222 g/mol. The first-order valence-corrected chi connectivity index (χ1v) is 5.05. The molecule has 2 heterocycles. The molecule has 0 bridgehead atoms. The van der Waals surface area contributed by atoms with Crippen molar-refractivity contribution >= 4 is 23.1 Å². The highest BCUT2D eigenvalue weighted by molar-refractivity contribution is 7.05. The molecule has 74 valence electrons. The molecule has 2 N–H and O–H groups in total. The van der Waals surface area contributed by atoms with Crippen LogP contribution in [-0.4, -0.2) is 19.4 Å². The second-order valence-corrected chi connectivity index (χ2v) is 4.02. The van der Waals surface area contributed by atoms with Crippen LogP contribution in [0, 0.1) is 0 Å². The van der Waals surface area contributed by atoms with Crippen molar-refractivity contribution in [2.45, 2.75) is 6.04 Å². The number of nitrogens with zero attached hydrogens (tertiary/aromatic N) is 4. The Morgan fingerprint density at radius 1 is 1.57 bits per heavy atom. The largest absolute Gasteiger partial charge is 0.318 e. The molecule has 2 aromatic rings. The van der Waals surface area contributed by atoms with E-state index in [1.54, 1.807) is 24.1 Å². The van der Waals surface area contributed by atoms with E-state index in [1.165, 1.54) is 11.5 Å². The second kappa shape index (κ2) is 3.64. The van der Waals surface area contributed by atoms with Gasteiger partial charge < -0.3 is 5.73 Å². The average molecular weight is 230 g/mol. The van der Waals surface area contributed by atoms with Gasteiger partial charge in [0.25, 0.3) is 0 Å². The van der Waals surface area contributed by atoms with Gasteiger partial charge in [-0.25, -0.2) is 0 Å². The summed E-state index contributed by atoms with van der Waals surface area (Å²) in [4.78, 5) is 0.871. The Labute approximate surface area is 89.7 Å². The molecule has 2 rings (SSSR count). The van der Waals surface area contributed by atoms with Gasteiger partial charge in [0.15, 0.2) is 0 Å². The van der Waals surface area contributed by atoms with Crippen LogP contribution in [0.15, 0.2) is 12.4 Å². The molecule has 0 fully saturated rings. The Balaban J connectivity index is 2.41. The molecule has 5 nitrogen and oxygen atoms in total. The van der Waals surface area contributed by atoms with E-state index in [-0.39, 0.29) is 6.04 Å². The lowest BCUT2D eigenvalue weighted by atomic mass is 10.2. The lowest BCUT2D eigenvalue weighted by molar-refractivity contribution is 0.677. The first-order valence-electron chi connectivity index (χ1n) is 3.90. The zero-order chi connectivity index (χ0) is 10.1. The van der Waals surface area contributed by atoms with Crippen molar-refractivity contribution in [1.29, 1.82) is 0 Å². The van der Waals surface area contributed by atoms with Gasteiger partial charge in [-0.3, -0.25) is 4.68 Å². The zero-order valence-electron chi connectivity index (χ0n) is 7.38. The molecule has 14 heavy (non-hydrogen) atoms. The van der Waals surface area contributed by atoms with Crippen molar-refractivity contribution in [2.75, 3.05) is 0 Å². The highest BCUT2D eigenvalue weighted by atomic mass is 35.5. The summed E-state index contributed by atoms with van der Waals surface area (Å²) >= 11 is 7.22. The third kappa shape index (κ3) is 1.52. The fourth-order valence-electron chi connectivity index (χ4n) is 1.22. The minimum absolute atomic E-state index is 0.310. The molecular formula is C7H8ClN5S. The van der Waals surface area contributed by atoms with E-state index in [2.05, 4.69) is 14.7 Å². The first kappa shape index (κ1) is 9.57. The third-order valence-electron chi connectivity index (χ3n) is 1.92. The van der Waals surface area contributed by atoms with Gasteiger partial charge in [0.1, 0.15) is 0 Å². The molecule has 0 spiro atoms. The Morgan fingerprint density at radius 3 is 2.86 bits per heavy atom. The molecule has 0 aliphatic heterocycles. The molecule has 7 heteroatoms. The fourth-order valence-corrected chi connectivity index (χ4v) is 2.01. The summed E-state index contributed by atoms with van der Waals surface area (Å²) in [5, 5.41) is 8.31. The van der Waals surface area contributed by atoms with Gasteiger partial charge in [-0.15, -0.1) is 5.10 Å². The number of nitrogens with two attached hydrogens (primary N) is 1. The van der Waals surface area contributed by atoms with Crippen LogP contribution in [0.1, 0.15) is 16.6 Å². The summed E-state index contributed by atoms with van der Waals surface area (Å²) < 4.78 is 5.41. The highest BCUT2D eigenvalue weighted by Gasteiger charge is 2.18. The summed E-state index contributed by atoms with van der Waals surface area (Å²) in [6.07, 6.45) is 3.21. The van der Waals surface area contributed by atoms with Gasteiger partial charge in [-0.2, -0.15) is 5.10 Å². The normalized spacial score (nSPS) is 13.1. The predicted molar refractivity (Wildman–Crippen MR) is 54.2 cm³/mol. The van der Waals surface area contributed by atoms with Crippen LogP contribution in [0.2, 0.25) is 5.02 Å². The van der Waals surface area contributed by atoms with E-state index in [4.69, 9.17) is 17.3 Å². The minimum Gasteiger partial charge on any atom is -0.318 e. The van der Waals surface area contributed by atoms with Crippen LogP contribution in [0.25, 0.3) is 0 Å². The SMILES string of the molecule is Cn1ncc(Cl)c1C(N)c1cnns1. The number of rotatable bonds is 2. The van der Waals surface area contributed by atoms with E-state index < -0.39 is 0 Å². The topological polar surface area (TPSA) is 69.6 Å². The molecule has 0 aliphatic carbocycles. The van der Waals surface area contributed by atoms with Crippen LogP contribution in [-0.2, 0) is 7.05 Å². The summed E-state index contributed by atoms with van der Waals surface area (Å²) in [7, 11) is 1.80. The Kier molecular flexibility index (Phi) is 2.49. The number of halogens is 1. The van der Waals surface area contributed by atoms with E-state index in [9.17, 15) is 0 Å². The maximum atomic E-state index is 5.99. The van der Waals surface area contributed by atoms with Crippen LogP contribution >= 0.6 is 23.1 Å². The quantitative estimate of drug-likeness (QED) is 0.833. The van der Waals surface area contributed by atoms with Crippen molar-refractivity contribution in [3.63, 3.8) is 0 Å². The second-order valence-electron chi connectivity index (χ2n) is 2.80. The smallest absolute Gasteiger partial charge is 0.0864 e. The molecule has 0 radical (unpaired) electrons. The van der Waals surface area contributed by atoms with E-state index in [0.29, 0.717) is 5.02 Å². The third-order valence-corrected chi connectivity index (χ3v) is 2.95. The van der Waals surface area contributed by atoms with Gasteiger partial charge >= 0.3 is 0 Å². The molecule has 2 aromatic heterocycles. The van der Waals surface area contributed by atoms with Crippen molar-refractivity contribution in [2.24, 2.45) is 12.8 Å². The van der Waals surface area contributed by atoms with E-state index in [0.717, 1.165) is 10.6 Å². The zero-order valence-corrected chi connectivity index (χ0v) is 8.96. The number of hydrogen-bond acceptors (Lipinski definition) is 5. The molecule has 0 amide bonds. The highest BCUT2D eigenvalue weighted by Crippen LogP contribution is 2.26. The fraction of sp³-hybridized carbons (Fsp3) is 0.286. The van der Waals surface area contributed by atoms with Crippen molar-refractivity contribution in [3.8, 4) is 0 Å². The molecule has 0 aromatic carbocycles. The number of hydrogen-bond donors (Lipinski definition) is 1. The maximum absolute atomic E-state index is 5.99. The Morgan fingerprint density at radius 2 is 2.36 bits per heavy atom. The average Bonchev–Trinajstić information content (AvgIpc) is 2.75. The van der Waals surface area contributed by atoms with Crippen LogP contribution in [0.4, 0.5) is 0 Å². The Bertz CT molecular complexity index is 404. The molecule has 0 saturated carbocycles. The van der Waals surface area contributed by atoms with Crippen molar-refractivity contribution in [1.82, 2.24) is 19.4 Å². The number of aryl methyl sites for hydroxylation is 1. The van der Waals surface area contributed by atoms with Gasteiger partial charge in [0, 0.05) is 7.05 Å². The lowest BCUT2D eigenvalue weighted by Crippen LogP contribution is -2.15. The summed E-state index contributed by atoms with van der Waals surface area (Å²) in [6, 6.07) is -0.310. The molecule has 1 atom stereocenters. The minimum atomic E-state index is -0.310. The summed E-state index contributed by atoms with van der Waals surface area (Å²) in [5.74, 6) is 0. The monoisotopic (exact) mass is 229 g/mol. The van der Waals surface area contributed by atoms with Gasteiger partial charge in [-0.1, -0.05) is 16.1 Å². The lowest BCUT2D eigenvalue weighted by Gasteiger charge is -2.09. The van der Waals surface area contributed by atoms with Crippen molar-refractivity contribution < 1.29 is 0 Å². The molecule has 0 saturated heterocycles. The molecule has 1 unspecified atom stereocenters. The van der Waals surface area contributed by atoms with Crippen LogP contribution in [0.5, 0.6) is 0 Å². The van der Waals surface area contributed by atoms with Crippen LogP contribution < -0.4 is 5.73 Å². The van der Waals surface area contributed by atoms with Gasteiger partial charge in [0.05, 0.1) is 34.0 Å². The van der Waals surface area contributed by atoms with E-state index in [1.807, 2.05) is 0 Å². The van der Waals surface area contributed by atoms with E-state index >= 15 is 0 Å². The molecule has 0 aliphatic rings. The summed E-state index contributed by atoms with van der Waals surface area (Å²) in [6.45, 7) is 0. The Hall–Kier alpha value is -0.980. The first-order chi connectivity index (χ1) is 6.70. The number of aromatic nitrogens is 4. The maximum Gasteiger partial charge on any atom is 0.0864 e. The van der Waals surface area contributed by atoms with Crippen molar-refractivity contribution in [3.05, 3.63) is 28.0 Å². The van der Waals surface area contributed by atoms with Crippen LogP contribution in [0.3, 0.4) is 0 Å². The van der Waals surface area contributed by atoms with Gasteiger partial charge in [0.2, 0.25) is 0 Å².